The molecule has 2 fully saturated rings. The summed E-state index contributed by atoms with van der Waals surface area (Å²) in [5.41, 5.74) is 1.05. The van der Waals surface area contributed by atoms with Gasteiger partial charge in [0, 0.05) is 17.9 Å². The van der Waals surface area contributed by atoms with E-state index in [-0.39, 0.29) is 11.6 Å². The number of esters is 1. The maximum absolute atomic E-state index is 11.3. The average Bonchev–Trinajstić information content (AvgIpc) is 2.58. The van der Waals surface area contributed by atoms with Gasteiger partial charge in [0.1, 0.15) is 5.60 Å². The molecule has 2 unspecified atom stereocenters. The Morgan fingerprint density at radius 2 is 1.80 bits per heavy atom. The Balaban J connectivity index is 1.84. The Kier molecular flexibility index (Phi) is 1.95. The first-order valence-electron chi connectivity index (χ1n) is 6.17. The van der Waals surface area contributed by atoms with Gasteiger partial charge >= 0.3 is 5.97 Å². The molecule has 0 aromatic heterocycles. The highest BCUT2D eigenvalue weighted by atomic mass is 16.6. The molecule has 3 aliphatic rings. The topological polar surface area (TPSA) is 26.3 Å². The fourth-order valence-corrected chi connectivity index (χ4v) is 3.72. The van der Waals surface area contributed by atoms with Gasteiger partial charge in [-0.05, 0) is 25.3 Å². The van der Waals surface area contributed by atoms with E-state index in [1.54, 1.807) is 6.08 Å². The van der Waals surface area contributed by atoms with Crippen LogP contribution in [-0.4, -0.2) is 11.6 Å². The molecule has 2 atom stereocenters. The average molecular weight is 206 g/mol. The summed E-state index contributed by atoms with van der Waals surface area (Å²) in [5.74, 6) is 1.17. The van der Waals surface area contributed by atoms with E-state index in [4.69, 9.17) is 4.74 Å². The molecule has 3 rings (SSSR count). The lowest BCUT2D eigenvalue weighted by molar-refractivity contribution is -0.141. The van der Waals surface area contributed by atoms with E-state index >= 15 is 0 Å². The van der Waals surface area contributed by atoms with E-state index in [9.17, 15) is 4.79 Å². The van der Waals surface area contributed by atoms with Crippen LogP contribution in [-0.2, 0) is 9.53 Å². The summed E-state index contributed by atoms with van der Waals surface area (Å²) in [7, 11) is 0. The van der Waals surface area contributed by atoms with E-state index < -0.39 is 0 Å². The molecule has 0 N–H and O–H groups in total. The normalized spacial score (nSPS) is 44.1. The van der Waals surface area contributed by atoms with Crippen molar-refractivity contribution in [2.75, 3.05) is 0 Å². The maximum Gasteiger partial charge on any atom is 0.331 e. The van der Waals surface area contributed by atoms with Crippen molar-refractivity contribution < 1.29 is 9.53 Å². The van der Waals surface area contributed by atoms with Crippen molar-refractivity contribution in [3.05, 3.63) is 11.6 Å². The van der Waals surface area contributed by atoms with Gasteiger partial charge in [-0.1, -0.05) is 25.7 Å². The lowest BCUT2D eigenvalue weighted by Gasteiger charge is -2.12. The van der Waals surface area contributed by atoms with Crippen LogP contribution in [0.1, 0.15) is 45.4 Å². The van der Waals surface area contributed by atoms with Crippen molar-refractivity contribution in [3.8, 4) is 0 Å². The van der Waals surface area contributed by atoms with Crippen LogP contribution in [0.25, 0.3) is 0 Å². The summed E-state index contributed by atoms with van der Waals surface area (Å²) in [6.45, 7) is 2.07. The number of hydrogen-bond acceptors (Lipinski definition) is 2. The van der Waals surface area contributed by atoms with Crippen molar-refractivity contribution in [1.82, 2.24) is 0 Å². The second-order valence-electron chi connectivity index (χ2n) is 5.25. The number of rotatable bonds is 0. The third-order valence-electron chi connectivity index (χ3n) is 4.48. The van der Waals surface area contributed by atoms with Crippen LogP contribution in [0.5, 0.6) is 0 Å². The Morgan fingerprint density at radius 1 is 1.20 bits per heavy atom. The maximum atomic E-state index is 11.3. The molecule has 2 aliphatic carbocycles. The lowest BCUT2D eigenvalue weighted by atomic mass is 10.0. The first kappa shape index (κ1) is 9.44. The van der Waals surface area contributed by atoms with Crippen LogP contribution >= 0.6 is 0 Å². The first-order valence-corrected chi connectivity index (χ1v) is 6.17. The van der Waals surface area contributed by atoms with E-state index in [1.807, 2.05) is 0 Å². The van der Waals surface area contributed by atoms with Crippen LogP contribution in [0.4, 0.5) is 0 Å². The minimum absolute atomic E-state index is 0.112. The van der Waals surface area contributed by atoms with Crippen molar-refractivity contribution in [2.24, 2.45) is 11.8 Å². The molecule has 1 heterocycles. The second kappa shape index (κ2) is 3.10. The van der Waals surface area contributed by atoms with E-state index in [2.05, 4.69) is 6.92 Å². The Morgan fingerprint density at radius 3 is 2.27 bits per heavy atom. The van der Waals surface area contributed by atoms with Gasteiger partial charge in [-0.15, -0.1) is 0 Å². The molecule has 0 amide bonds. The van der Waals surface area contributed by atoms with Crippen LogP contribution < -0.4 is 0 Å². The van der Waals surface area contributed by atoms with Gasteiger partial charge in [0.25, 0.3) is 0 Å². The van der Waals surface area contributed by atoms with Crippen molar-refractivity contribution >= 4 is 5.97 Å². The highest BCUT2D eigenvalue weighted by Gasteiger charge is 2.69. The smallest absolute Gasteiger partial charge is 0.331 e. The standard InChI is InChI=1S/C13H18O2/c1-9-8-12(14)15-13(9)10-6-4-2-3-5-7-11(10)13/h8,10-11H,2-7H2,1H3. The van der Waals surface area contributed by atoms with Gasteiger partial charge in [-0.2, -0.15) is 0 Å². The monoisotopic (exact) mass is 206 g/mol. The van der Waals surface area contributed by atoms with E-state index in [0.717, 1.165) is 0 Å². The van der Waals surface area contributed by atoms with Gasteiger partial charge in [-0.25, -0.2) is 4.79 Å². The molecule has 2 heteroatoms. The molecule has 1 spiro atoms. The van der Waals surface area contributed by atoms with E-state index in [0.29, 0.717) is 11.8 Å². The SMILES string of the molecule is CC1=CC(=O)OC12C1CCCCCCC12. The summed E-state index contributed by atoms with van der Waals surface area (Å²) in [6.07, 6.45) is 9.55. The molecule has 82 valence electrons. The zero-order chi connectivity index (χ0) is 10.5. The zero-order valence-electron chi connectivity index (χ0n) is 9.29. The van der Waals surface area contributed by atoms with Gasteiger partial charge in [-0.3, -0.25) is 0 Å². The molecular weight excluding hydrogens is 188 g/mol. The van der Waals surface area contributed by atoms with Gasteiger partial charge in [0.15, 0.2) is 0 Å². The van der Waals surface area contributed by atoms with Gasteiger partial charge in [0.2, 0.25) is 0 Å². The number of carbonyl (C=O) groups excluding carboxylic acids is 1. The molecular formula is C13H18O2. The molecule has 1 aliphatic heterocycles. The molecule has 15 heavy (non-hydrogen) atoms. The predicted octanol–water partition coefficient (Wildman–Crippen LogP) is 2.83. The number of carbonyl (C=O) groups is 1. The van der Waals surface area contributed by atoms with Crippen LogP contribution in [0, 0.1) is 11.8 Å². The fraction of sp³-hybridized carbons (Fsp3) is 0.769. The summed E-state index contributed by atoms with van der Waals surface area (Å²) in [5, 5.41) is 0. The highest BCUT2D eigenvalue weighted by molar-refractivity contribution is 5.87. The summed E-state index contributed by atoms with van der Waals surface area (Å²) in [6, 6.07) is 0. The number of fused-ring (bicyclic) bond motifs is 3. The third-order valence-corrected chi connectivity index (χ3v) is 4.48. The van der Waals surface area contributed by atoms with Crippen LogP contribution in [0.3, 0.4) is 0 Å². The zero-order valence-corrected chi connectivity index (χ0v) is 9.29. The molecule has 0 aromatic carbocycles. The summed E-state index contributed by atoms with van der Waals surface area (Å²) >= 11 is 0. The van der Waals surface area contributed by atoms with Crippen molar-refractivity contribution in [2.45, 2.75) is 51.0 Å². The van der Waals surface area contributed by atoms with Gasteiger partial charge in [0.05, 0.1) is 0 Å². The van der Waals surface area contributed by atoms with Crippen molar-refractivity contribution in [3.63, 3.8) is 0 Å². The third kappa shape index (κ3) is 1.20. The molecule has 2 nitrogen and oxygen atoms in total. The van der Waals surface area contributed by atoms with Gasteiger partial charge < -0.3 is 4.74 Å². The largest absolute Gasteiger partial charge is 0.451 e. The van der Waals surface area contributed by atoms with Crippen molar-refractivity contribution in [1.29, 1.82) is 0 Å². The van der Waals surface area contributed by atoms with Crippen LogP contribution in [0.2, 0.25) is 0 Å². The highest BCUT2D eigenvalue weighted by Crippen LogP contribution is 2.64. The Hall–Kier alpha value is -0.790. The predicted molar refractivity (Wildman–Crippen MR) is 57.3 cm³/mol. The van der Waals surface area contributed by atoms with Crippen LogP contribution in [0.15, 0.2) is 11.6 Å². The quantitative estimate of drug-likeness (QED) is 0.570. The molecule has 0 radical (unpaired) electrons. The number of ether oxygens (including phenoxy) is 1. The first-order chi connectivity index (χ1) is 7.25. The summed E-state index contributed by atoms with van der Waals surface area (Å²) in [4.78, 5) is 11.3. The molecule has 0 bridgehead atoms. The van der Waals surface area contributed by atoms with E-state index in [1.165, 1.54) is 44.1 Å². The minimum Gasteiger partial charge on any atom is -0.451 e. The number of hydrogen-bond donors (Lipinski definition) is 0. The molecule has 2 saturated carbocycles. The minimum atomic E-state index is -0.137. The Bertz CT molecular complexity index is 315. The Labute approximate surface area is 90.7 Å². The molecule has 0 aromatic rings. The summed E-state index contributed by atoms with van der Waals surface area (Å²) < 4.78 is 5.60. The second-order valence-corrected chi connectivity index (χ2v) is 5.25. The lowest BCUT2D eigenvalue weighted by Crippen LogP contribution is -2.17. The fourth-order valence-electron chi connectivity index (χ4n) is 3.72. The molecule has 0 saturated heterocycles.